The minimum Gasteiger partial charge on any atom is -0.509 e. The quantitative estimate of drug-likeness (QED) is 0.279. The maximum absolute atomic E-state index is 14.1. The normalized spacial score (nSPS) is 20.1. The smallest absolute Gasteiger partial charge is 0.410 e. The van der Waals surface area contributed by atoms with E-state index in [1.807, 2.05) is 47.1 Å². The third kappa shape index (κ3) is 9.38. The molecule has 0 aromatic heterocycles. The number of anilines is 1. The predicted molar refractivity (Wildman–Crippen MR) is 200 cm³/mol. The van der Waals surface area contributed by atoms with Gasteiger partial charge in [-0.05, 0) is 67.8 Å². The van der Waals surface area contributed by atoms with Crippen LogP contribution in [0, 0.1) is 0 Å². The molecule has 0 saturated carbocycles. The minimum atomic E-state index is -0.997. The van der Waals surface area contributed by atoms with E-state index in [2.05, 4.69) is 15.1 Å². The molecule has 280 valence electrons. The molecule has 4 amide bonds. The Labute approximate surface area is 307 Å². The van der Waals surface area contributed by atoms with E-state index in [9.17, 15) is 24.3 Å². The standard InChI is InChI=1S/C38H53BN6O7/c1-2-51-35(47)14-15-41-21-23-42(24-22-41)29-10-16-43(17-11-29)36(48)34(26-27-7-8-33(46)31(39)25-27)52-38(50)44-18-12-30(13-19-44)45-20-9-28-5-3-4-6-32(28)40-37(45)49/h3-8,25,29-30,34,46H,2,9-24,26,39H2,1H3,(H,40,49)/t34-/m1/s1. The van der Waals surface area contributed by atoms with Gasteiger partial charge in [0.25, 0.3) is 5.91 Å². The average molecular weight is 717 g/mol. The number of para-hydroxylation sites is 1. The number of carbonyl (C=O) groups excluding carboxylic acids is 4. The number of ether oxygens (including phenoxy) is 2. The number of aromatic hydroxyl groups is 1. The third-order valence-corrected chi connectivity index (χ3v) is 11.1. The van der Waals surface area contributed by atoms with Crippen molar-refractivity contribution >= 4 is 43.0 Å². The highest BCUT2D eigenvalue weighted by Gasteiger charge is 2.36. The van der Waals surface area contributed by atoms with Crippen molar-refractivity contribution in [3.05, 3.63) is 53.6 Å². The molecule has 2 aromatic carbocycles. The lowest BCUT2D eigenvalue weighted by Crippen LogP contribution is -2.55. The zero-order valence-corrected chi connectivity index (χ0v) is 30.6. The van der Waals surface area contributed by atoms with Crippen LogP contribution in [-0.2, 0) is 31.9 Å². The van der Waals surface area contributed by atoms with Crippen LogP contribution in [0.2, 0.25) is 0 Å². The molecule has 3 saturated heterocycles. The molecule has 3 fully saturated rings. The first-order valence-electron chi connectivity index (χ1n) is 19.0. The number of piperidine rings is 2. The van der Waals surface area contributed by atoms with Gasteiger partial charge in [0, 0.05) is 89.6 Å². The van der Waals surface area contributed by atoms with Crippen molar-refractivity contribution in [1.82, 2.24) is 24.5 Å². The fraction of sp³-hybridized carbons (Fsp3) is 0.579. The molecule has 0 spiro atoms. The molecule has 1 atom stereocenters. The van der Waals surface area contributed by atoms with Crippen molar-refractivity contribution in [2.24, 2.45) is 0 Å². The van der Waals surface area contributed by atoms with Crippen molar-refractivity contribution in [2.45, 2.75) is 70.1 Å². The topological polar surface area (TPSA) is 135 Å². The number of nitrogens with one attached hydrogen (secondary N) is 1. The Balaban J connectivity index is 1.02. The summed E-state index contributed by atoms with van der Waals surface area (Å²) in [6, 6.07) is 13.3. The van der Waals surface area contributed by atoms with E-state index in [0.29, 0.717) is 76.6 Å². The lowest BCUT2D eigenvalue weighted by Gasteiger charge is -2.43. The highest BCUT2D eigenvalue weighted by Crippen LogP contribution is 2.26. The second kappa shape index (κ2) is 17.5. The number of rotatable bonds is 10. The van der Waals surface area contributed by atoms with Crippen LogP contribution in [-0.4, -0.2) is 152 Å². The molecule has 0 unspecified atom stereocenters. The fourth-order valence-corrected chi connectivity index (χ4v) is 8.02. The summed E-state index contributed by atoms with van der Waals surface area (Å²) in [6.07, 6.45) is 2.82. The summed E-state index contributed by atoms with van der Waals surface area (Å²) in [5, 5.41) is 13.1. The molecular weight excluding hydrogens is 663 g/mol. The van der Waals surface area contributed by atoms with Crippen LogP contribution >= 0.6 is 0 Å². The predicted octanol–water partition coefficient (Wildman–Crippen LogP) is 1.81. The van der Waals surface area contributed by atoms with E-state index in [0.717, 1.165) is 62.3 Å². The van der Waals surface area contributed by atoms with Gasteiger partial charge in [-0.15, -0.1) is 0 Å². The van der Waals surface area contributed by atoms with Crippen LogP contribution in [0.25, 0.3) is 0 Å². The number of benzene rings is 2. The Morgan fingerprint density at radius 1 is 0.904 bits per heavy atom. The third-order valence-electron chi connectivity index (χ3n) is 11.1. The largest absolute Gasteiger partial charge is 0.509 e. The van der Waals surface area contributed by atoms with Crippen molar-refractivity contribution in [3.63, 3.8) is 0 Å². The van der Waals surface area contributed by atoms with Crippen molar-refractivity contribution < 1.29 is 33.8 Å². The zero-order valence-electron chi connectivity index (χ0n) is 30.6. The van der Waals surface area contributed by atoms with E-state index in [-0.39, 0.29) is 36.1 Å². The number of esters is 1. The number of likely N-dealkylation sites (tertiary alicyclic amines) is 2. The monoisotopic (exact) mass is 716 g/mol. The molecule has 2 aromatic rings. The average Bonchev–Trinajstić information content (AvgIpc) is 3.33. The number of phenolic OH excluding ortho intramolecular Hbond substituents is 1. The van der Waals surface area contributed by atoms with Crippen molar-refractivity contribution in [2.75, 3.05) is 77.4 Å². The number of urea groups is 1. The number of piperazine rings is 1. The fourth-order valence-electron chi connectivity index (χ4n) is 8.02. The van der Waals surface area contributed by atoms with E-state index in [1.165, 1.54) is 0 Å². The molecule has 4 aliphatic rings. The minimum absolute atomic E-state index is 0.00429. The molecule has 52 heavy (non-hydrogen) atoms. The van der Waals surface area contributed by atoms with Gasteiger partial charge in [-0.25, -0.2) is 9.59 Å². The molecule has 0 radical (unpaired) electrons. The van der Waals surface area contributed by atoms with Gasteiger partial charge in [0.1, 0.15) is 13.6 Å². The van der Waals surface area contributed by atoms with Gasteiger partial charge in [-0.3, -0.25) is 14.5 Å². The van der Waals surface area contributed by atoms with Crippen LogP contribution < -0.4 is 10.8 Å². The molecule has 2 N–H and O–H groups in total. The van der Waals surface area contributed by atoms with Crippen LogP contribution in [0.5, 0.6) is 5.75 Å². The Kier molecular flexibility index (Phi) is 12.6. The number of hydrogen-bond donors (Lipinski definition) is 2. The first-order chi connectivity index (χ1) is 25.2. The molecule has 13 nitrogen and oxygen atoms in total. The van der Waals surface area contributed by atoms with Gasteiger partial charge in [0.05, 0.1) is 13.0 Å². The summed E-state index contributed by atoms with van der Waals surface area (Å²) in [4.78, 5) is 62.7. The summed E-state index contributed by atoms with van der Waals surface area (Å²) in [7, 11) is 1.81. The number of fused-ring (bicyclic) bond motifs is 1. The first kappa shape index (κ1) is 37.5. The second-order valence-corrected chi connectivity index (χ2v) is 14.4. The van der Waals surface area contributed by atoms with Gasteiger partial charge < -0.3 is 39.5 Å². The zero-order chi connectivity index (χ0) is 36.6. The lowest BCUT2D eigenvalue weighted by atomic mass is 9.91. The van der Waals surface area contributed by atoms with E-state index >= 15 is 0 Å². The van der Waals surface area contributed by atoms with E-state index < -0.39 is 12.2 Å². The lowest BCUT2D eigenvalue weighted by molar-refractivity contribution is -0.144. The number of nitrogens with zero attached hydrogens (tertiary/aromatic N) is 5. The SMILES string of the molecule is Bc1cc(C[C@@H](OC(=O)N2CCC(N3CCc4ccccc4NC3=O)CC2)C(=O)N2CCC(N3CCN(CCC(=O)OCC)CC3)CC2)ccc1O. The maximum Gasteiger partial charge on any atom is 0.410 e. The number of phenols is 1. The van der Waals surface area contributed by atoms with Gasteiger partial charge in [-0.1, -0.05) is 30.3 Å². The molecule has 14 heteroatoms. The Bertz CT molecular complexity index is 1570. The molecular formula is C38H53BN6O7. The number of amides is 4. The summed E-state index contributed by atoms with van der Waals surface area (Å²) in [5.41, 5.74) is 3.47. The van der Waals surface area contributed by atoms with E-state index in [4.69, 9.17) is 9.47 Å². The van der Waals surface area contributed by atoms with Crippen molar-refractivity contribution in [1.29, 1.82) is 0 Å². The maximum atomic E-state index is 14.1. The molecule has 6 rings (SSSR count). The van der Waals surface area contributed by atoms with Gasteiger partial charge >= 0.3 is 18.1 Å². The second-order valence-electron chi connectivity index (χ2n) is 14.4. The molecule has 4 heterocycles. The summed E-state index contributed by atoms with van der Waals surface area (Å²) < 4.78 is 11.1. The number of carbonyl (C=O) groups is 4. The van der Waals surface area contributed by atoms with Gasteiger partial charge in [-0.2, -0.15) is 0 Å². The van der Waals surface area contributed by atoms with Crippen LogP contribution in [0.15, 0.2) is 42.5 Å². The Hall–Kier alpha value is -4.30. The highest BCUT2D eigenvalue weighted by molar-refractivity contribution is 6.34. The van der Waals surface area contributed by atoms with Crippen LogP contribution in [0.3, 0.4) is 0 Å². The van der Waals surface area contributed by atoms with Crippen molar-refractivity contribution in [3.8, 4) is 5.75 Å². The first-order valence-corrected chi connectivity index (χ1v) is 19.0. The Morgan fingerprint density at radius 2 is 1.60 bits per heavy atom. The van der Waals surface area contributed by atoms with Gasteiger partial charge in [0.15, 0.2) is 6.10 Å². The Morgan fingerprint density at radius 3 is 2.31 bits per heavy atom. The molecule has 0 aliphatic carbocycles. The summed E-state index contributed by atoms with van der Waals surface area (Å²) >= 11 is 0. The summed E-state index contributed by atoms with van der Waals surface area (Å²) in [5.74, 6) is -0.172. The molecule has 4 aliphatic heterocycles. The summed E-state index contributed by atoms with van der Waals surface area (Å²) in [6.45, 7) is 9.25. The van der Waals surface area contributed by atoms with E-state index in [1.54, 1.807) is 24.9 Å². The highest BCUT2D eigenvalue weighted by atomic mass is 16.6. The van der Waals surface area contributed by atoms with Crippen LogP contribution in [0.1, 0.15) is 50.2 Å². The number of hydrogen-bond acceptors (Lipinski definition) is 9. The van der Waals surface area contributed by atoms with Crippen LogP contribution in [0.4, 0.5) is 15.3 Å². The molecule has 0 bridgehead atoms. The van der Waals surface area contributed by atoms with Gasteiger partial charge in [0.2, 0.25) is 0 Å².